The van der Waals surface area contributed by atoms with Gasteiger partial charge in [-0.15, -0.1) is 0 Å². The molecule has 0 saturated heterocycles. The topological polar surface area (TPSA) is 31.2 Å². The number of rotatable bonds is 3. The summed E-state index contributed by atoms with van der Waals surface area (Å²) in [5, 5.41) is 0. The number of Topliss-reactive ketones (excluding diaryl/α,β-unsaturated/α-hetero) is 1. The van der Waals surface area contributed by atoms with E-state index < -0.39 is 5.60 Å². The highest BCUT2D eigenvalue weighted by atomic mass is 16.5. The minimum absolute atomic E-state index is 0.0256. The van der Waals surface area contributed by atoms with Gasteiger partial charge in [0, 0.05) is 18.2 Å². The first kappa shape index (κ1) is 16.4. The molecule has 0 aliphatic carbocycles. The van der Waals surface area contributed by atoms with Crippen molar-refractivity contribution in [1.82, 2.24) is 4.57 Å². The molecule has 2 heterocycles. The SMILES string of the molecule is CC(C)=CC[C@]1(c2ccccc2)Oc2ccccc2-n2cccc2C1=O. The summed E-state index contributed by atoms with van der Waals surface area (Å²) in [7, 11) is 0. The van der Waals surface area contributed by atoms with E-state index in [1.807, 2.05) is 91.3 Å². The van der Waals surface area contributed by atoms with E-state index in [0.717, 1.165) is 16.8 Å². The van der Waals surface area contributed by atoms with Crippen LogP contribution in [0.15, 0.2) is 84.6 Å². The number of ether oxygens (including phenoxy) is 1. The molecule has 26 heavy (non-hydrogen) atoms. The molecule has 0 saturated carbocycles. The van der Waals surface area contributed by atoms with Crippen molar-refractivity contribution in [1.29, 1.82) is 0 Å². The Morgan fingerprint density at radius 1 is 1.00 bits per heavy atom. The number of nitrogens with zero attached hydrogens (tertiary/aromatic N) is 1. The molecule has 3 nitrogen and oxygen atoms in total. The molecule has 0 N–H and O–H groups in total. The van der Waals surface area contributed by atoms with Gasteiger partial charge in [0.25, 0.3) is 0 Å². The number of allylic oxidation sites excluding steroid dienone is 1. The first-order chi connectivity index (χ1) is 12.6. The summed E-state index contributed by atoms with van der Waals surface area (Å²) in [5.41, 5.74) is 2.47. The van der Waals surface area contributed by atoms with Crippen LogP contribution in [0.4, 0.5) is 0 Å². The molecule has 2 aromatic carbocycles. The highest BCUT2D eigenvalue weighted by Gasteiger charge is 2.45. The first-order valence-corrected chi connectivity index (χ1v) is 8.81. The summed E-state index contributed by atoms with van der Waals surface area (Å²) in [4.78, 5) is 13.7. The van der Waals surface area contributed by atoms with Crippen LogP contribution >= 0.6 is 0 Å². The summed E-state index contributed by atoms with van der Waals surface area (Å²) in [6, 6.07) is 21.4. The predicted octanol–water partition coefficient (Wildman–Crippen LogP) is 5.30. The van der Waals surface area contributed by atoms with Crippen LogP contribution in [-0.2, 0) is 5.60 Å². The van der Waals surface area contributed by atoms with Gasteiger partial charge >= 0.3 is 0 Å². The van der Waals surface area contributed by atoms with Crippen LogP contribution in [0.2, 0.25) is 0 Å². The van der Waals surface area contributed by atoms with Gasteiger partial charge < -0.3 is 9.30 Å². The normalized spacial score (nSPS) is 18.3. The molecule has 0 amide bonds. The Morgan fingerprint density at radius 2 is 1.73 bits per heavy atom. The summed E-state index contributed by atoms with van der Waals surface area (Å²) >= 11 is 0. The van der Waals surface area contributed by atoms with Crippen molar-refractivity contribution in [2.24, 2.45) is 0 Å². The van der Waals surface area contributed by atoms with Crippen molar-refractivity contribution in [3.8, 4) is 11.4 Å². The fourth-order valence-electron chi connectivity index (χ4n) is 3.46. The standard InChI is InChI=1S/C23H21NO2/c1-17(2)14-15-23(18-9-4-3-5-10-18)22(25)20-12-8-16-24(20)19-11-6-7-13-21(19)26-23/h3-14,16H,15H2,1-2H3/t23-/m1/s1. The number of ketones is 1. The average molecular weight is 343 g/mol. The van der Waals surface area contributed by atoms with E-state index in [1.54, 1.807) is 0 Å². The maximum Gasteiger partial charge on any atom is 0.227 e. The van der Waals surface area contributed by atoms with Crippen molar-refractivity contribution in [2.45, 2.75) is 25.9 Å². The minimum atomic E-state index is -1.08. The number of benzene rings is 2. The Labute approximate surface area is 153 Å². The van der Waals surface area contributed by atoms with E-state index >= 15 is 0 Å². The number of carbonyl (C=O) groups excluding carboxylic acids is 1. The summed E-state index contributed by atoms with van der Waals surface area (Å²) < 4.78 is 8.44. The molecular weight excluding hydrogens is 322 g/mol. The second-order valence-electron chi connectivity index (χ2n) is 6.84. The lowest BCUT2D eigenvalue weighted by Gasteiger charge is -2.31. The fraction of sp³-hybridized carbons (Fsp3) is 0.174. The second kappa shape index (κ2) is 6.34. The smallest absolute Gasteiger partial charge is 0.227 e. The van der Waals surface area contributed by atoms with Crippen LogP contribution in [0, 0.1) is 0 Å². The highest BCUT2D eigenvalue weighted by Crippen LogP contribution is 2.41. The highest BCUT2D eigenvalue weighted by molar-refractivity contribution is 6.03. The van der Waals surface area contributed by atoms with Crippen LogP contribution in [0.3, 0.4) is 0 Å². The zero-order chi connectivity index (χ0) is 18.1. The van der Waals surface area contributed by atoms with Gasteiger partial charge in [-0.3, -0.25) is 4.79 Å². The lowest BCUT2D eigenvalue weighted by molar-refractivity contribution is 0.0453. The monoisotopic (exact) mass is 343 g/mol. The van der Waals surface area contributed by atoms with Gasteiger partial charge in [0.05, 0.1) is 11.4 Å². The zero-order valence-corrected chi connectivity index (χ0v) is 15.0. The third-order valence-electron chi connectivity index (χ3n) is 4.80. The molecule has 4 rings (SSSR count). The quantitative estimate of drug-likeness (QED) is 0.604. The molecule has 1 aliphatic rings. The molecule has 130 valence electrons. The third-order valence-corrected chi connectivity index (χ3v) is 4.80. The maximum atomic E-state index is 13.7. The first-order valence-electron chi connectivity index (χ1n) is 8.81. The minimum Gasteiger partial charge on any atom is -0.472 e. The fourth-order valence-corrected chi connectivity index (χ4v) is 3.46. The van der Waals surface area contributed by atoms with Crippen LogP contribution in [-0.4, -0.2) is 10.4 Å². The van der Waals surface area contributed by atoms with Crippen LogP contribution in [0.5, 0.6) is 5.75 Å². The van der Waals surface area contributed by atoms with E-state index in [-0.39, 0.29) is 5.78 Å². The lowest BCUT2D eigenvalue weighted by atomic mass is 9.84. The molecule has 0 radical (unpaired) electrons. The van der Waals surface area contributed by atoms with Crippen LogP contribution in [0.25, 0.3) is 5.69 Å². The van der Waals surface area contributed by atoms with Crippen LogP contribution in [0.1, 0.15) is 36.3 Å². The number of aromatic nitrogens is 1. The average Bonchev–Trinajstić information content (AvgIpc) is 3.11. The molecule has 0 unspecified atom stereocenters. The van der Waals surface area contributed by atoms with E-state index in [4.69, 9.17) is 4.74 Å². The lowest BCUT2D eigenvalue weighted by Crippen LogP contribution is -2.41. The van der Waals surface area contributed by atoms with E-state index in [1.165, 1.54) is 0 Å². The molecule has 3 heteroatoms. The van der Waals surface area contributed by atoms with Gasteiger partial charge in [0.2, 0.25) is 11.4 Å². The number of carbonyl (C=O) groups is 1. The summed E-state index contributed by atoms with van der Waals surface area (Å²) in [6.45, 7) is 4.08. The van der Waals surface area contributed by atoms with E-state index in [2.05, 4.69) is 6.08 Å². The Balaban J connectivity index is 2.00. The molecule has 3 aromatic rings. The number of para-hydroxylation sites is 2. The number of hydrogen-bond donors (Lipinski definition) is 0. The largest absolute Gasteiger partial charge is 0.472 e. The zero-order valence-electron chi connectivity index (χ0n) is 15.0. The molecule has 1 aromatic heterocycles. The van der Waals surface area contributed by atoms with Crippen molar-refractivity contribution in [3.63, 3.8) is 0 Å². The van der Waals surface area contributed by atoms with Gasteiger partial charge in [-0.25, -0.2) is 0 Å². The Hall–Kier alpha value is -3.07. The van der Waals surface area contributed by atoms with Gasteiger partial charge in [-0.2, -0.15) is 0 Å². The number of fused-ring (bicyclic) bond motifs is 3. The predicted molar refractivity (Wildman–Crippen MR) is 103 cm³/mol. The molecule has 0 spiro atoms. The van der Waals surface area contributed by atoms with Gasteiger partial charge in [-0.1, -0.05) is 54.1 Å². The third kappa shape index (κ3) is 2.57. The maximum absolute atomic E-state index is 13.7. The molecule has 1 atom stereocenters. The van der Waals surface area contributed by atoms with Crippen molar-refractivity contribution in [2.75, 3.05) is 0 Å². The summed E-state index contributed by atoms with van der Waals surface area (Å²) in [5.74, 6) is 0.684. The Bertz CT molecular complexity index is 980. The van der Waals surface area contributed by atoms with Crippen LogP contribution < -0.4 is 4.74 Å². The molecule has 0 bridgehead atoms. The molecule has 0 fully saturated rings. The van der Waals surface area contributed by atoms with E-state index in [9.17, 15) is 4.79 Å². The summed E-state index contributed by atoms with van der Waals surface area (Å²) in [6.07, 6.45) is 4.47. The van der Waals surface area contributed by atoms with Crippen molar-refractivity contribution >= 4 is 5.78 Å². The van der Waals surface area contributed by atoms with Crippen molar-refractivity contribution < 1.29 is 9.53 Å². The number of hydrogen-bond acceptors (Lipinski definition) is 2. The Morgan fingerprint density at radius 3 is 2.50 bits per heavy atom. The van der Waals surface area contributed by atoms with E-state index in [0.29, 0.717) is 17.9 Å². The second-order valence-corrected chi connectivity index (χ2v) is 6.84. The molecule has 1 aliphatic heterocycles. The van der Waals surface area contributed by atoms with Gasteiger partial charge in [-0.05, 0) is 38.1 Å². The van der Waals surface area contributed by atoms with Gasteiger partial charge in [0.15, 0.2) is 0 Å². The van der Waals surface area contributed by atoms with Gasteiger partial charge in [0.1, 0.15) is 5.75 Å². The van der Waals surface area contributed by atoms with Crippen molar-refractivity contribution in [3.05, 3.63) is 95.8 Å². The Kier molecular flexibility index (Phi) is 4.00. The molecular formula is C23H21NO2.